The molecule has 0 aromatic heterocycles. The monoisotopic (exact) mass is 412 g/mol. The second-order valence-corrected chi connectivity index (χ2v) is 9.74. The molecule has 0 radical (unpaired) electrons. The van der Waals surface area contributed by atoms with Crippen LogP contribution in [0.1, 0.15) is 23.2 Å². The normalized spacial score (nSPS) is 13.5. The second kappa shape index (κ2) is 9.23. The van der Waals surface area contributed by atoms with Crippen molar-refractivity contribution >= 4 is 17.9 Å². The summed E-state index contributed by atoms with van der Waals surface area (Å²) in [6, 6.07) is 38.4. The van der Waals surface area contributed by atoms with Crippen LogP contribution in [0.3, 0.4) is 0 Å². The van der Waals surface area contributed by atoms with Crippen molar-refractivity contribution in [1.29, 1.82) is 0 Å². The predicted octanol–water partition coefficient (Wildman–Crippen LogP) is 4.95. The molecule has 0 spiro atoms. The first-order valence-corrected chi connectivity index (χ1v) is 11.7. The van der Waals surface area contributed by atoms with Crippen molar-refractivity contribution in [3.63, 3.8) is 0 Å². The molecule has 30 heavy (non-hydrogen) atoms. The van der Waals surface area contributed by atoms with Crippen molar-refractivity contribution < 1.29 is 4.57 Å². The summed E-state index contributed by atoms with van der Waals surface area (Å²) in [6.45, 7) is 0. The van der Waals surface area contributed by atoms with E-state index in [0.717, 1.165) is 21.7 Å². The van der Waals surface area contributed by atoms with Crippen LogP contribution in [0.5, 0.6) is 0 Å². The van der Waals surface area contributed by atoms with E-state index in [2.05, 4.69) is 5.09 Å². The SMILES string of the molecule is N[C@@H](c1ccccc1)[C@H](NP(=O)(c1ccccc1)c1ccccc1)c1ccccc1. The van der Waals surface area contributed by atoms with Gasteiger partial charge in [-0.05, 0) is 35.4 Å². The highest BCUT2D eigenvalue weighted by molar-refractivity contribution is 7.76. The lowest BCUT2D eigenvalue weighted by Gasteiger charge is -2.31. The molecule has 150 valence electrons. The van der Waals surface area contributed by atoms with Crippen LogP contribution in [0, 0.1) is 0 Å². The van der Waals surface area contributed by atoms with Gasteiger partial charge in [-0.2, -0.15) is 0 Å². The van der Waals surface area contributed by atoms with Crippen molar-refractivity contribution in [3.05, 3.63) is 132 Å². The Bertz CT molecular complexity index is 1060. The molecule has 0 amide bonds. The molecule has 3 nitrogen and oxygen atoms in total. The number of hydrogen-bond donors (Lipinski definition) is 2. The van der Waals surface area contributed by atoms with E-state index in [1.807, 2.05) is 121 Å². The Morgan fingerprint density at radius 3 is 1.37 bits per heavy atom. The van der Waals surface area contributed by atoms with Crippen LogP contribution in [0.4, 0.5) is 0 Å². The van der Waals surface area contributed by atoms with E-state index >= 15 is 0 Å². The van der Waals surface area contributed by atoms with Crippen LogP contribution in [-0.2, 0) is 4.57 Å². The quantitative estimate of drug-likeness (QED) is 0.423. The summed E-state index contributed by atoms with van der Waals surface area (Å²) in [4.78, 5) is 0. The fourth-order valence-electron chi connectivity index (χ4n) is 3.66. The van der Waals surface area contributed by atoms with Gasteiger partial charge in [0, 0.05) is 16.7 Å². The molecule has 4 rings (SSSR count). The molecule has 0 aliphatic rings. The van der Waals surface area contributed by atoms with Crippen molar-refractivity contribution in [2.45, 2.75) is 12.1 Å². The molecule has 0 unspecified atom stereocenters. The van der Waals surface area contributed by atoms with Crippen LogP contribution >= 0.6 is 7.29 Å². The summed E-state index contributed by atoms with van der Waals surface area (Å²) in [5.41, 5.74) is 8.74. The van der Waals surface area contributed by atoms with Gasteiger partial charge in [0.05, 0.1) is 6.04 Å². The van der Waals surface area contributed by atoms with E-state index in [-0.39, 0.29) is 12.1 Å². The Balaban J connectivity index is 1.82. The first kappa shape index (κ1) is 20.3. The summed E-state index contributed by atoms with van der Waals surface area (Å²) in [6.07, 6.45) is 0. The molecule has 2 atom stereocenters. The van der Waals surface area contributed by atoms with Crippen LogP contribution in [0.15, 0.2) is 121 Å². The fraction of sp³-hybridized carbons (Fsp3) is 0.0769. The molecule has 0 bridgehead atoms. The van der Waals surface area contributed by atoms with Crippen molar-refractivity contribution in [2.75, 3.05) is 0 Å². The summed E-state index contributed by atoms with van der Waals surface area (Å²) >= 11 is 0. The largest absolute Gasteiger partial charge is 0.322 e. The zero-order chi connectivity index (χ0) is 20.8. The molecule has 3 N–H and O–H groups in total. The summed E-state index contributed by atoms with van der Waals surface area (Å²) in [7, 11) is -3.15. The van der Waals surface area contributed by atoms with Gasteiger partial charge in [-0.25, -0.2) is 0 Å². The maximum Gasteiger partial charge on any atom is 0.205 e. The molecule has 0 aliphatic heterocycles. The standard InChI is InChI=1S/C26H25N2OP/c27-25(21-13-5-1-6-14-21)26(22-15-7-2-8-16-22)28-30(29,23-17-9-3-10-18-23)24-19-11-4-12-20-24/h1-20,25-26H,27H2,(H,28,29)/t25-,26+/m0/s1. The smallest absolute Gasteiger partial charge is 0.205 e. The molecule has 4 aromatic carbocycles. The van der Waals surface area contributed by atoms with E-state index in [1.165, 1.54) is 0 Å². The molecular weight excluding hydrogens is 387 g/mol. The highest BCUT2D eigenvalue weighted by atomic mass is 31.2. The van der Waals surface area contributed by atoms with Crippen molar-refractivity contribution in [2.24, 2.45) is 5.73 Å². The lowest BCUT2D eigenvalue weighted by molar-refractivity contribution is 0.511. The molecule has 0 saturated carbocycles. The minimum Gasteiger partial charge on any atom is -0.322 e. The van der Waals surface area contributed by atoms with Crippen molar-refractivity contribution in [3.8, 4) is 0 Å². The fourth-order valence-corrected chi connectivity index (χ4v) is 6.14. The van der Waals surface area contributed by atoms with Crippen LogP contribution in [-0.4, -0.2) is 0 Å². The van der Waals surface area contributed by atoms with E-state index in [4.69, 9.17) is 5.73 Å². The Hall–Kier alpha value is -2.97. The van der Waals surface area contributed by atoms with Gasteiger partial charge >= 0.3 is 0 Å². The third-order valence-electron chi connectivity index (χ3n) is 5.26. The van der Waals surface area contributed by atoms with Crippen LogP contribution < -0.4 is 21.4 Å². The molecule has 0 fully saturated rings. The topological polar surface area (TPSA) is 55.1 Å². The van der Waals surface area contributed by atoms with Gasteiger partial charge in [-0.15, -0.1) is 0 Å². The Morgan fingerprint density at radius 1 is 0.567 bits per heavy atom. The molecule has 4 heteroatoms. The van der Waals surface area contributed by atoms with Gasteiger partial charge in [0.2, 0.25) is 7.29 Å². The first-order chi connectivity index (χ1) is 14.7. The highest BCUT2D eigenvalue weighted by Gasteiger charge is 2.33. The Morgan fingerprint density at radius 2 is 0.933 bits per heavy atom. The third kappa shape index (κ3) is 4.29. The highest BCUT2D eigenvalue weighted by Crippen LogP contribution is 2.44. The van der Waals surface area contributed by atoms with Gasteiger partial charge in [0.25, 0.3) is 0 Å². The molecule has 0 saturated heterocycles. The lowest BCUT2D eigenvalue weighted by Crippen LogP contribution is -2.36. The van der Waals surface area contributed by atoms with Crippen molar-refractivity contribution in [1.82, 2.24) is 5.09 Å². The van der Waals surface area contributed by atoms with E-state index in [9.17, 15) is 4.57 Å². The van der Waals surface area contributed by atoms with Gasteiger partial charge in [-0.1, -0.05) is 97.1 Å². The number of nitrogens with two attached hydrogens (primary N) is 1. The summed E-state index contributed by atoms with van der Waals surface area (Å²) in [5, 5.41) is 5.03. The van der Waals surface area contributed by atoms with Gasteiger partial charge in [0.15, 0.2) is 0 Å². The van der Waals surface area contributed by atoms with E-state index in [1.54, 1.807) is 0 Å². The molecular formula is C26H25N2OP. The number of rotatable bonds is 7. The van der Waals surface area contributed by atoms with Gasteiger partial charge in [-0.3, -0.25) is 9.65 Å². The number of benzene rings is 4. The molecule has 0 aliphatic carbocycles. The minimum absolute atomic E-state index is 0.333. The van der Waals surface area contributed by atoms with Crippen LogP contribution in [0.2, 0.25) is 0 Å². The maximum absolute atomic E-state index is 14.6. The Kier molecular flexibility index (Phi) is 6.25. The summed E-state index contributed by atoms with van der Waals surface area (Å²) in [5.74, 6) is 0. The molecule has 0 heterocycles. The molecule has 4 aromatic rings. The third-order valence-corrected chi connectivity index (χ3v) is 7.96. The van der Waals surface area contributed by atoms with E-state index < -0.39 is 7.29 Å². The maximum atomic E-state index is 14.6. The zero-order valence-electron chi connectivity index (χ0n) is 16.6. The minimum atomic E-state index is -3.15. The average Bonchev–Trinajstić information content (AvgIpc) is 2.84. The number of nitrogens with one attached hydrogen (secondary N) is 1. The predicted molar refractivity (Wildman–Crippen MR) is 125 cm³/mol. The second-order valence-electron chi connectivity index (χ2n) is 7.23. The van der Waals surface area contributed by atoms with E-state index in [0.29, 0.717) is 0 Å². The van der Waals surface area contributed by atoms with Crippen LogP contribution in [0.25, 0.3) is 0 Å². The van der Waals surface area contributed by atoms with Gasteiger partial charge in [0.1, 0.15) is 0 Å². The Labute approximate surface area is 178 Å². The average molecular weight is 412 g/mol. The van der Waals surface area contributed by atoms with Gasteiger partial charge < -0.3 is 5.73 Å². The number of hydrogen-bond acceptors (Lipinski definition) is 2. The first-order valence-electron chi connectivity index (χ1n) is 10.0. The zero-order valence-corrected chi connectivity index (χ0v) is 17.5. The summed E-state index contributed by atoms with van der Waals surface area (Å²) < 4.78 is 14.6. The lowest BCUT2D eigenvalue weighted by atomic mass is 9.95.